The summed E-state index contributed by atoms with van der Waals surface area (Å²) in [4.78, 5) is 0. The molecule has 0 radical (unpaired) electrons. The van der Waals surface area contributed by atoms with E-state index in [0.29, 0.717) is 5.04 Å². The zero-order valence-electron chi connectivity index (χ0n) is 13.2. The summed E-state index contributed by atoms with van der Waals surface area (Å²) in [5.41, 5.74) is 4.76. The average Bonchev–Trinajstić information content (AvgIpc) is 2.91. The van der Waals surface area contributed by atoms with Gasteiger partial charge in [0.25, 0.3) is 0 Å². The molecule has 0 aromatic carbocycles. The van der Waals surface area contributed by atoms with Crippen molar-refractivity contribution in [1.29, 1.82) is 0 Å². The van der Waals surface area contributed by atoms with Crippen LogP contribution in [-0.2, 0) is 24.7 Å². The minimum Gasteiger partial charge on any atom is -1.00 e. The van der Waals surface area contributed by atoms with Crippen molar-refractivity contribution in [3.8, 4) is 0 Å². The van der Waals surface area contributed by atoms with E-state index in [4.69, 9.17) is 0 Å². The Kier molecular flexibility index (Phi) is 7.03. The quantitative estimate of drug-likeness (QED) is 0.521. The third-order valence-electron chi connectivity index (χ3n) is 5.57. The standard InChI is InChI=1S/C16H23Si.2ClH.Zr/c1-12-11-16(4,14(3)13(12)2)17(5,6)15-9-7-8-10-15;;;/h7-9H,10H2,1-6H3;2*1H;/q;;;+2/p-2. The molecule has 2 aliphatic carbocycles. The largest absolute Gasteiger partial charge is 1.00 e. The van der Waals surface area contributed by atoms with Gasteiger partial charge in [0.05, 0.1) is 0 Å². The molecule has 0 fully saturated rings. The molecule has 2 rings (SSSR count). The summed E-state index contributed by atoms with van der Waals surface area (Å²) in [6.45, 7) is 14.6. The van der Waals surface area contributed by atoms with E-state index in [9.17, 15) is 0 Å². The van der Waals surface area contributed by atoms with Crippen LogP contribution in [0.2, 0.25) is 18.1 Å². The molecule has 0 nitrogen and oxygen atoms in total. The van der Waals surface area contributed by atoms with Crippen LogP contribution in [0.1, 0.15) is 34.1 Å². The van der Waals surface area contributed by atoms with Crippen LogP contribution in [0.3, 0.4) is 0 Å². The Morgan fingerprint density at radius 1 is 1.10 bits per heavy atom. The van der Waals surface area contributed by atoms with Crippen LogP contribution in [0.15, 0.2) is 43.4 Å². The number of hydrogen-bond donors (Lipinski definition) is 0. The SMILES string of the molecule is CC1=C(C)C(C)([Si](C)(C)C2=CC=CC2)[C]([Zr+2])=C1C.[Cl-].[Cl-]. The summed E-state index contributed by atoms with van der Waals surface area (Å²) < 4.78 is 1.70. The smallest absolute Gasteiger partial charge is 1.00 e. The Morgan fingerprint density at radius 3 is 2.00 bits per heavy atom. The summed E-state index contributed by atoms with van der Waals surface area (Å²) in [6.07, 6.45) is 8.13. The monoisotopic (exact) mass is 403 g/mol. The van der Waals surface area contributed by atoms with E-state index >= 15 is 0 Å². The molecule has 0 amide bonds. The zero-order valence-corrected chi connectivity index (χ0v) is 18.2. The molecule has 1 atom stereocenters. The summed E-state index contributed by atoms with van der Waals surface area (Å²) in [7, 11) is -1.47. The van der Waals surface area contributed by atoms with E-state index < -0.39 is 8.07 Å². The molecular formula is C16H23Cl2SiZr. The van der Waals surface area contributed by atoms with Gasteiger partial charge in [-0.05, 0) is 0 Å². The van der Waals surface area contributed by atoms with Gasteiger partial charge in [-0.3, -0.25) is 0 Å². The van der Waals surface area contributed by atoms with Gasteiger partial charge in [0.1, 0.15) is 0 Å². The first-order valence-corrected chi connectivity index (χ1v) is 10.9. The fourth-order valence-electron chi connectivity index (χ4n) is 3.42. The Hall–Kier alpha value is 0.640. The molecule has 0 aliphatic heterocycles. The van der Waals surface area contributed by atoms with Gasteiger partial charge < -0.3 is 24.8 Å². The maximum atomic E-state index is 2.56. The fourth-order valence-corrected chi connectivity index (χ4v) is 10.4. The van der Waals surface area contributed by atoms with Gasteiger partial charge in [-0.25, -0.2) is 0 Å². The van der Waals surface area contributed by atoms with Crippen LogP contribution in [0, 0.1) is 0 Å². The molecular weight excluding hydrogens is 382 g/mol. The average molecular weight is 406 g/mol. The molecule has 0 spiro atoms. The summed E-state index contributed by atoms with van der Waals surface area (Å²) in [6, 6.07) is 0. The van der Waals surface area contributed by atoms with E-state index in [1.165, 1.54) is 6.42 Å². The summed E-state index contributed by atoms with van der Waals surface area (Å²) in [5, 5.41) is 2.06. The second-order valence-corrected chi connectivity index (χ2v) is 12.4. The number of allylic oxidation sites excluding steroid dienone is 8. The van der Waals surface area contributed by atoms with Gasteiger partial charge in [-0.1, -0.05) is 0 Å². The number of rotatable bonds is 2. The molecule has 0 saturated carbocycles. The van der Waals surface area contributed by atoms with E-state index in [1.54, 1.807) is 49.9 Å². The van der Waals surface area contributed by atoms with Gasteiger partial charge >= 0.3 is 128 Å². The summed E-state index contributed by atoms with van der Waals surface area (Å²) >= 11 is 1.60. The number of hydrogen-bond acceptors (Lipinski definition) is 0. The van der Waals surface area contributed by atoms with Crippen LogP contribution >= 0.6 is 0 Å². The third kappa shape index (κ3) is 2.67. The first-order chi connectivity index (χ1) is 8.24. The molecule has 0 heterocycles. The van der Waals surface area contributed by atoms with Crippen molar-refractivity contribution in [3.63, 3.8) is 0 Å². The first-order valence-electron chi connectivity index (χ1n) is 6.72. The normalized spacial score (nSPS) is 25.7. The van der Waals surface area contributed by atoms with Crippen LogP contribution in [0.25, 0.3) is 0 Å². The maximum Gasteiger partial charge on any atom is -1.00 e. The molecule has 0 saturated heterocycles. The van der Waals surface area contributed by atoms with Crippen molar-refractivity contribution < 1.29 is 49.5 Å². The topological polar surface area (TPSA) is 0 Å². The van der Waals surface area contributed by atoms with E-state index in [0.717, 1.165) is 0 Å². The predicted octanol–water partition coefficient (Wildman–Crippen LogP) is -0.941. The van der Waals surface area contributed by atoms with Crippen molar-refractivity contribution in [2.24, 2.45) is 0 Å². The van der Waals surface area contributed by atoms with E-state index in [2.05, 4.69) is 59.0 Å². The maximum absolute atomic E-state index is 2.56. The Bertz CT molecular complexity index is 501. The van der Waals surface area contributed by atoms with Crippen LogP contribution in [-0.4, -0.2) is 8.07 Å². The van der Waals surface area contributed by atoms with Gasteiger partial charge in [0.2, 0.25) is 0 Å². The molecule has 0 bridgehead atoms. The molecule has 2 aliphatic rings. The molecule has 20 heavy (non-hydrogen) atoms. The van der Waals surface area contributed by atoms with Crippen molar-refractivity contribution in [2.45, 2.75) is 52.2 Å². The van der Waals surface area contributed by atoms with Crippen LogP contribution < -0.4 is 24.8 Å². The second kappa shape index (κ2) is 6.82. The van der Waals surface area contributed by atoms with Crippen molar-refractivity contribution in [1.82, 2.24) is 0 Å². The van der Waals surface area contributed by atoms with Gasteiger partial charge in [0.15, 0.2) is 0 Å². The Balaban J connectivity index is 0.00000180. The predicted molar refractivity (Wildman–Crippen MR) is 78.8 cm³/mol. The van der Waals surface area contributed by atoms with E-state index in [1.807, 2.05) is 0 Å². The number of halogens is 2. The van der Waals surface area contributed by atoms with E-state index in [-0.39, 0.29) is 24.8 Å². The van der Waals surface area contributed by atoms with Gasteiger partial charge in [-0.15, -0.1) is 0 Å². The van der Waals surface area contributed by atoms with Crippen molar-refractivity contribution >= 4 is 8.07 Å². The molecule has 0 aromatic heterocycles. The Morgan fingerprint density at radius 2 is 1.65 bits per heavy atom. The summed E-state index contributed by atoms with van der Waals surface area (Å²) in [5.74, 6) is 0. The minimum atomic E-state index is -1.47. The molecule has 0 aromatic rings. The molecule has 1 unspecified atom stereocenters. The van der Waals surface area contributed by atoms with Gasteiger partial charge in [0, 0.05) is 0 Å². The first kappa shape index (κ1) is 20.6. The second-order valence-electron chi connectivity index (χ2n) is 6.32. The third-order valence-corrected chi connectivity index (χ3v) is 13.4. The molecule has 109 valence electrons. The van der Waals surface area contributed by atoms with Gasteiger partial charge in [-0.2, -0.15) is 0 Å². The zero-order chi connectivity index (χ0) is 13.7. The Labute approximate surface area is 152 Å². The minimum absolute atomic E-state index is 0. The fraction of sp³-hybridized carbons (Fsp3) is 0.500. The molecule has 0 N–H and O–H groups in total. The van der Waals surface area contributed by atoms with Crippen molar-refractivity contribution in [3.05, 3.63) is 43.4 Å². The molecule has 4 heteroatoms. The van der Waals surface area contributed by atoms with Crippen LogP contribution in [0.5, 0.6) is 0 Å². The van der Waals surface area contributed by atoms with Crippen molar-refractivity contribution in [2.75, 3.05) is 0 Å². The van der Waals surface area contributed by atoms with Crippen LogP contribution in [0.4, 0.5) is 0 Å².